The molecule has 1 spiro atoms. The summed E-state index contributed by atoms with van der Waals surface area (Å²) < 4.78 is 43.8. The lowest BCUT2D eigenvalue weighted by atomic mass is 9.94. The average Bonchev–Trinajstić information content (AvgIpc) is 3.44. The number of thiophene rings is 1. The highest BCUT2D eigenvalue weighted by atomic mass is 32.1. The first-order valence-corrected chi connectivity index (χ1v) is 11.1. The van der Waals surface area contributed by atoms with E-state index in [-0.39, 0.29) is 11.5 Å². The Kier molecular flexibility index (Phi) is 7.95. The number of nitrogens with zero attached hydrogens (tertiary/aromatic N) is 2. The fourth-order valence-corrected chi connectivity index (χ4v) is 4.92. The smallest absolute Gasteiger partial charge is 0.475 e. The van der Waals surface area contributed by atoms with Crippen molar-refractivity contribution in [2.45, 2.75) is 31.0 Å². The number of likely N-dealkylation sites (tertiary alicyclic amines) is 1. The molecule has 0 saturated carbocycles. The van der Waals surface area contributed by atoms with Crippen LogP contribution in [0.5, 0.6) is 0 Å². The highest BCUT2D eigenvalue weighted by Gasteiger charge is 2.44. The molecular formula is C20H27F3N2O5S. The lowest BCUT2D eigenvalue weighted by Crippen LogP contribution is -2.46. The standard InChI is InChI=1S/C18H26N2O3S.C2HF3O2/c21-17(16-4-3-9-24-16)20-7-8-22-14-18(13-20)10-15(12-23-18)11-19-5-1-2-6-19;3-2(4,5)1(6)7/h3-4,9,15H,1-2,5-8,10-14H2;(H,6,7). The Morgan fingerprint density at radius 3 is 2.58 bits per heavy atom. The summed E-state index contributed by atoms with van der Waals surface area (Å²) in [5, 5.41) is 9.08. The Morgan fingerprint density at radius 1 is 1.26 bits per heavy atom. The van der Waals surface area contributed by atoms with Gasteiger partial charge in [-0.2, -0.15) is 13.2 Å². The molecule has 4 heterocycles. The van der Waals surface area contributed by atoms with Gasteiger partial charge in [0.15, 0.2) is 0 Å². The Bertz CT molecular complexity index is 740. The van der Waals surface area contributed by atoms with E-state index in [2.05, 4.69) is 4.90 Å². The van der Waals surface area contributed by atoms with Crippen molar-refractivity contribution in [1.82, 2.24) is 9.80 Å². The molecule has 2 atom stereocenters. The summed E-state index contributed by atoms with van der Waals surface area (Å²) in [7, 11) is 0. The molecule has 1 aromatic rings. The van der Waals surface area contributed by atoms with E-state index in [1.807, 2.05) is 22.4 Å². The molecule has 0 aromatic carbocycles. The van der Waals surface area contributed by atoms with E-state index in [1.165, 1.54) is 37.3 Å². The van der Waals surface area contributed by atoms with Crippen LogP contribution in [-0.4, -0.2) is 91.1 Å². The number of carbonyl (C=O) groups excluding carboxylic acids is 1. The Hall–Kier alpha value is -1.69. The quantitative estimate of drug-likeness (QED) is 0.741. The van der Waals surface area contributed by atoms with Gasteiger partial charge in [0.05, 0.1) is 31.2 Å². The van der Waals surface area contributed by atoms with Crippen LogP contribution in [0.2, 0.25) is 0 Å². The summed E-state index contributed by atoms with van der Waals surface area (Å²) in [6.45, 7) is 6.88. The van der Waals surface area contributed by atoms with E-state index in [9.17, 15) is 18.0 Å². The molecule has 0 aliphatic carbocycles. The first-order chi connectivity index (χ1) is 14.7. The van der Waals surface area contributed by atoms with Gasteiger partial charge in [-0.05, 0) is 49.7 Å². The summed E-state index contributed by atoms with van der Waals surface area (Å²) in [4.78, 5) is 26.9. The SMILES string of the molecule is O=C(O)C(F)(F)F.O=C(c1cccs1)N1CCOCC2(CC(CN3CCCC3)CO2)C1. The van der Waals surface area contributed by atoms with E-state index >= 15 is 0 Å². The van der Waals surface area contributed by atoms with Crippen molar-refractivity contribution in [3.63, 3.8) is 0 Å². The number of ether oxygens (including phenoxy) is 2. The molecule has 2 unspecified atom stereocenters. The van der Waals surface area contributed by atoms with Gasteiger partial charge in [0.25, 0.3) is 5.91 Å². The van der Waals surface area contributed by atoms with Crippen LogP contribution in [0, 0.1) is 5.92 Å². The largest absolute Gasteiger partial charge is 0.490 e. The van der Waals surface area contributed by atoms with Crippen LogP contribution in [-0.2, 0) is 14.3 Å². The molecule has 1 aromatic heterocycles. The summed E-state index contributed by atoms with van der Waals surface area (Å²) >= 11 is 1.50. The predicted octanol–water partition coefficient (Wildman–Crippen LogP) is 2.72. The predicted molar refractivity (Wildman–Crippen MR) is 107 cm³/mol. The zero-order valence-corrected chi connectivity index (χ0v) is 17.9. The number of carbonyl (C=O) groups is 2. The molecule has 3 fully saturated rings. The highest BCUT2D eigenvalue weighted by Crippen LogP contribution is 2.34. The minimum Gasteiger partial charge on any atom is -0.475 e. The van der Waals surface area contributed by atoms with Crippen LogP contribution < -0.4 is 0 Å². The molecule has 4 rings (SSSR count). The molecular weight excluding hydrogens is 437 g/mol. The Morgan fingerprint density at radius 2 is 1.97 bits per heavy atom. The van der Waals surface area contributed by atoms with Gasteiger partial charge in [0, 0.05) is 13.1 Å². The van der Waals surface area contributed by atoms with E-state index < -0.39 is 12.1 Å². The first-order valence-electron chi connectivity index (χ1n) is 10.3. The zero-order valence-electron chi connectivity index (χ0n) is 17.1. The van der Waals surface area contributed by atoms with Gasteiger partial charge in [-0.15, -0.1) is 11.3 Å². The van der Waals surface area contributed by atoms with Gasteiger partial charge >= 0.3 is 12.1 Å². The molecule has 7 nitrogen and oxygen atoms in total. The third-order valence-electron chi connectivity index (χ3n) is 5.61. The van der Waals surface area contributed by atoms with Gasteiger partial charge in [-0.25, -0.2) is 4.79 Å². The number of hydrogen-bond donors (Lipinski definition) is 1. The second-order valence-corrected chi connectivity index (χ2v) is 9.08. The summed E-state index contributed by atoms with van der Waals surface area (Å²) in [6, 6.07) is 3.83. The van der Waals surface area contributed by atoms with Crippen molar-refractivity contribution in [2.75, 3.05) is 52.5 Å². The molecule has 11 heteroatoms. The second-order valence-electron chi connectivity index (χ2n) is 8.13. The fraction of sp³-hybridized carbons (Fsp3) is 0.700. The van der Waals surface area contributed by atoms with Gasteiger partial charge in [0.2, 0.25) is 0 Å². The van der Waals surface area contributed by atoms with Gasteiger partial charge in [-0.1, -0.05) is 6.07 Å². The number of aliphatic carboxylic acids is 1. The highest BCUT2D eigenvalue weighted by molar-refractivity contribution is 7.12. The monoisotopic (exact) mass is 464 g/mol. The number of carboxylic acid groups (broad SMARTS) is 1. The van der Waals surface area contributed by atoms with E-state index in [0.29, 0.717) is 32.2 Å². The normalized spacial score (nSPS) is 27.1. The van der Waals surface area contributed by atoms with Gasteiger partial charge in [-0.3, -0.25) is 4.79 Å². The number of alkyl halides is 3. The molecule has 0 radical (unpaired) electrons. The van der Waals surface area contributed by atoms with Crippen LogP contribution in [0.3, 0.4) is 0 Å². The number of rotatable bonds is 3. The second kappa shape index (κ2) is 10.3. The molecule has 1 N–H and O–H groups in total. The van der Waals surface area contributed by atoms with Crippen LogP contribution >= 0.6 is 11.3 Å². The van der Waals surface area contributed by atoms with E-state index in [4.69, 9.17) is 19.4 Å². The van der Waals surface area contributed by atoms with Crippen molar-refractivity contribution >= 4 is 23.2 Å². The first kappa shape index (κ1) is 24.0. The molecule has 3 saturated heterocycles. The van der Waals surface area contributed by atoms with Crippen molar-refractivity contribution in [1.29, 1.82) is 0 Å². The van der Waals surface area contributed by atoms with Crippen LogP contribution in [0.4, 0.5) is 13.2 Å². The van der Waals surface area contributed by atoms with Crippen molar-refractivity contribution in [2.24, 2.45) is 5.92 Å². The molecule has 3 aliphatic heterocycles. The zero-order chi connectivity index (χ0) is 22.5. The minimum atomic E-state index is -5.08. The molecule has 0 bridgehead atoms. The van der Waals surface area contributed by atoms with Crippen LogP contribution in [0.15, 0.2) is 17.5 Å². The summed E-state index contributed by atoms with van der Waals surface area (Å²) in [6.07, 6.45) is -1.44. The Balaban J connectivity index is 0.000000339. The number of halogens is 3. The third-order valence-corrected chi connectivity index (χ3v) is 6.47. The molecule has 174 valence electrons. The van der Waals surface area contributed by atoms with Crippen LogP contribution in [0.1, 0.15) is 28.9 Å². The van der Waals surface area contributed by atoms with Crippen molar-refractivity contribution < 1.29 is 37.3 Å². The fourth-order valence-electron chi connectivity index (χ4n) is 4.23. The Labute approximate surface area is 182 Å². The van der Waals surface area contributed by atoms with Crippen LogP contribution in [0.25, 0.3) is 0 Å². The third kappa shape index (κ3) is 6.64. The van der Waals surface area contributed by atoms with E-state index in [0.717, 1.165) is 24.4 Å². The maximum Gasteiger partial charge on any atom is 0.490 e. The number of amides is 1. The average molecular weight is 465 g/mol. The number of carboxylic acids is 1. The van der Waals surface area contributed by atoms with Gasteiger partial charge in [0.1, 0.15) is 5.60 Å². The van der Waals surface area contributed by atoms with Gasteiger partial charge < -0.3 is 24.4 Å². The molecule has 3 aliphatic rings. The molecule has 31 heavy (non-hydrogen) atoms. The topological polar surface area (TPSA) is 79.3 Å². The lowest BCUT2D eigenvalue weighted by Gasteiger charge is -2.31. The summed E-state index contributed by atoms with van der Waals surface area (Å²) in [5.74, 6) is -2.09. The number of hydrogen-bond acceptors (Lipinski definition) is 6. The maximum atomic E-state index is 12.7. The van der Waals surface area contributed by atoms with Crippen molar-refractivity contribution in [3.05, 3.63) is 22.4 Å². The summed E-state index contributed by atoms with van der Waals surface area (Å²) in [5.41, 5.74) is -0.312. The molecule has 1 amide bonds. The maximum absolute atomic E-state index is 12.7. The minimum absolute atomic E-state index is 0.112. The lowest BCUT2D eigenvalue weighted by molar-refractivity contribution is -0.192. The van der Waals surface area contributed by atoms with Crippen molar-refractivity contribution in [3.8, 4) is 0 Å². The van der Waals surface area contributed by atoms with E-state index in [1.54, 1.807) is 0 Å².